The van der Waals surface area contributed by atoms with E-state index < -0.39 is 0 Å². The van der Waals surface area contributed by atoms with Gasteiger partial charge in [-0.2, -0.15) is 0 Å². The zero-order valence-electron chi connectivity index (χ0n) is 12.7. The monoisotopic (exact) mass is 266 g/mol. The van der Waals surface area contributed by atoms with E-state index in [2.05, 4.69) is 17.1 Å². The van der Waals surface area contributed by atoms with E-state index in [1.165, 1.54) is 64.6 Å². The molecule has 0 aromatic heterocycles. The van der Waals surface area contributed by atoms with Crippen molar-refractivity contribution in [2.75, 3.05) is 33.4 Å². The molecule has 3 fully saturated rings. The predicted molar refractivity (Wildman–Crippen MR) is 78.4 cm³/mol. The van der Waals surface area contributed by atoms with E-state index in [-0.39, 0.29) is 0 Å². The minimum absolute atomic E-state index is 0.404. The smallest absolute Gasteiger partial charge is 0.0474 e. The maximum atomic E-state index is 5.25. The molecule has 2 aliphatic carbocycles. The van der Waals surface area contributed by atoms with Crippen LogP contribution in [0.3, 0.4) is 0 Å². The second-order valence-electron chi connectivity index (χ2n) is 7.24. The average molecular weight is 266 g/mol. The van der Waals surface area contributed by atoms with E-state index in [1.54, 1.807) is 0 Å². The molecule has 0 aromatic carbocycles. The molecule has 1 unspecified atom stereocenters. The van der Waals surface area contributed by atoms with Gasteiger partial charge in [0.2, 0.25) is 0 Å². The van der Waals surface area contributed by atoms with Gasteiger partial charge >= 0.3 is 0 Å². The summed E-state index contributed by atoms with van der Waals surface area (Å²) in [6, 6.07) is 0. The second-order valence-corrected chi connectivity index (χ2v) is 7.24. The Morgan fingerprint density at radius 3 is 2.63 bits per heavy atom. The Kier molecular flexibility index (Phi) is 3.89. The van der Waals surface area contributed by atoms with Crippen molar-refractivity contribution in [1.82, 2.24) is 10.2 Å². The van der Waals surface area contributed by atoms with Crippen LogP contribution in [0, 0.1) is 5.92 Å². The summed E-state index contributed by atoms with van der Waals surface area (Å²) in [6.45, 7) is 7.07. The Balaban J connectivity index is 1.68. The highest BCUT2D eigenvalue weighted by Gasteiger charge is 2.52. The van der Waals surface area contributed by atoms with E-state index in [4.69, 9.17) is 4.74 Å². The van der Waals surface area contributed by atoms with Gasteiger partial charge < -0.3 is 10.1 Å². The van der Waals surface area contributed by atoms with Crippen LogP contribution in [-0.2, 0) is 4.74 Å². The highest BCUT2D eigenvalue weighted by Crippen LogP contribution is 2.46. The van der Waals surface area contributed by atoms with E-state index in [9.17, 15) is 0 Å². The zero-order valence-corrected chi connectivity index (χ0v) is 12.7. The van der Waals surface area contributed by atoms with Crippen molar-refractivity contribution in [3.8, 4) is 0 Å². The van der Waals surface area contributed by atoms with Gasteiger partial charge in [0.1, 0.15) is 0 Å². The van der Waals surface area contributed by atoms with Gasteiger partial charge in [-0.3, -0.25) is 4.90 Å². The van der Waals surface area contributed by atoms with Crippen molar-refractivity contribution in [1.29, 1.82) is 0 Å². The molecule has 0 radical (unpaired) electrons. The maximum Gasteiger partial charge on any atom is 0.0474 e. The first kappa shape index (κ1) is 13.8. The third-order valence-electron chi connectivity index (χ3n) is 5.83. The number of nitrogens with zero attached hydrogens (tertiary/aromatic N) is 1. The summed E-state index contributed by atoms with van der Waals surface area (Å²) < 4.78 is 5.25. The fraction of sp³-hybridized carbons (Fsp3) is 1.00. The van der Waals surface area contributed by atoms with Crippen molar-refractivity contribution in [2.24, 2.45) is 5.92 Å². The van der Waals surface area contributed by atoms with Crippen LogP contribution in [-0.4, -0.2) is 49.3 Å². The molecular weight excluding hydrogens is 236 g/mol. The molecule has 0 bridgehead atoms. The molecule has 3 aliphatic rings. The normalized spacial score (nSPS) is 35.1. The van der Waals surface area contributed by atoms with Crippen LogP contribution in [0.1, 0.15) is 51.9 Å². The second kappa shape index (κ2) is 5.34. The molecule has 1 heterocycles. The summed E-state index contributed by atoms with van der Waals surface area (Å²) in [6.07, 6.45) is 9.65. The molecule has 1 aliphatic heterocycles. The summed E-state index contributed by atoms with van der Waals surface area (Å²) >= 11 is 0. The summed E-state index contributed by atoms with van der Waals surface area (Å²) in [5, 5.41) is 3.95. The number of rotatable bonds is 5. The summed E-state index contributed by atoms with van der Waals surface area (Å²) in [7, 11) is 1.82. The molecular formula is C16H30N2O. The van der Waals surface area contributed by atoms with Crippen molar-refractivity contribution in [3.63, 3.8) is 0 Å². The van der Waals surface area contributed by atoms with E-state index in [0.717, 1.165) is 12.5 Å². The average Bonchev–Trinajstić information content (AvgIpc) is 3.17. The van der Waals surface area contributed by atoms with Crippen molar-refractivity contribution in [3.05, 3.63) is 0 Å². The van der Waals surface area contributed by atoms with E-state index in [0.29, 0.717) is 11.1 Å². The van der Waals surface area contributed by atoms with Crippen LogP contribution in [0.15, 0.2) is 0 Å². The molecule has 1 atom stereocenters. The van der Waals surface area contributed by atoms with Crippen LogP contribution >= 0.6 is 0 Å². The molecule has 1 spiro atoms. The molecule has 3 nitrogen and oxygen atoms in total. The van der Waals surface area contributed by atoms with Gasteiger partial charge in [0.25, 0.3) is 0 Å². The van der Waals surface area contributed by atoms with Crippen LogP contribution in [0.2, 0.25) is 0 Å². The first-order valence-electron chi connectivity index (χ1n) is 8.18. The molecule has 3 heteroatoms. The number of ether oxygens (including phenoxy) is 1. The Morgan fingerprint density at radius 1 is 1.26 bits per heavy atom. The molecule has 19 heavy (non-hydrogen) atoms. The molecule has 0 amide bonds. The van der Waals surface area contributed by atoms with Crippen LogP contribution in [0.5, 0.6) is 0 Å². The first-order valence-corrected chi connectivity index (χ1v) is 8.18. The Labute approximate surface area is 118 Å². The van der Waals surface area contributed by atoms with Gasteiger partial charge in [0.15, 0.2) is 0 Å². The molecule has 2 saturated carbocycles. The third kappa shape index (κ3) is 2.70. The van der Waals surface area contributed by atoms with Gasteiger partial charge in [0.05, 0.1) is 0 Å². The van der Waals surface area contributed by atoms with Gasteiger partial charge in [-0.05, 0) is 44.9 Å². The summed E-state index contributed by atoms with van der Waals surface area (Å²) in [4.78, 5) is 2.81. The fourth-order valence-electron chi connectivity index (χ4n) is 4.31. The highest BCUT2D eigenvalue weighted by molar-refractivity contribution is 5.10. The minimum atomic E-state index is 0.404. The van der Waals surface area contributed by atoms with Gasteiger partial charge in [-0.15, -0.1) is 0 Å². The van der Waals surface area contributed by atoms with Gasteiger partial charge in [0, 0.05) is 44.4 Å². The standard InChI is InChI=1S/C16H30N2O/c1-15(14-6-7-14)12-17-16(8-3-4-9-16)13-18(15)10-5-11-19-2/h14,17H,3-13H2,1-2H3. The lowest BCUT2D eigenvalue weighted by Crippen LogP contribution is -2.69. The summed E-state index contributed by atoms with van der Waals surface area (Å²) in [5.74, 6) is 0.932. The molecule has 110 valence electrons. The van der Waals surface area contributed by atoms with E-state index in [1.807, 2.05) is 7.11 Å². The van der Waals surface area contributed by atoms with E-state index >= 15 is 0 Å². The molecule has 1 N–H and O–H groups in total. The lowest BCUT2D eigenvalue weighted by Gasteiger charge is -2.53. The quantitative estimate of drug-likeness (QED) is 0.773. The molecule has 1 saturated heterocycles. The van der Waals surface area contributed by atoms with Crippen molar-refractivity contribution in [2.45, 2.75) is 62.9 Å². The lowest BCUT2D eigenvalue weighted by molar-refractivity contribution is -0.00214. The first-order chi connectivity index (χ1) is 9.19. The number of methoxy groups -OCH3 is 1. The zero-order chi connectivity index (χ0) is 13.3. The Bertz CT molecular complexity index is 310. The SMILES string of the molecule is COCCCN1CC2(CCCC2)NCC1(C)C1CC1. The number of piperazine rings is 1. The number of nitrogens with one attached hydrogen (secondary N) is 1. The summed E-state index contributed by atoms with van der Waals surface area (Å²) in [5.41, 5.74) is 0.850. The van der Waals surface area contributed by atoms with Crippen LogP contribution in [0.4, 0.5) is 0 Å². The number of hydrogen-bond acceptors (Lipinski definition) is 3. The Morgan fingerprint density at radius 2 is 2.00 bits per heavy atom. The Hall–Kier alpha value is -0.120. The lowest BCUT2D eigenvalue weighted by atomic mass is 9.83. The third-order valence-corrected chi connectivity index (χ3v) is 5.83. The van der Waals surface area contributed by atoms with Crippen molar-refractivity contribution >= 4 is 0 Å². The van der Waals surface area contributed by atoms with Crippen LogP contribution in [0.25, 0.3) is 0 Å². The maximum absolute atomic E-state index is 5.25. The topological polar surface area (TPSA) is 24.5 Å². The van der Waals surface area contributed by atoms with Gasteiger partial charge in [-0.25, -0.2) is 0 Å². The molecule has 3 rings (SSSR count). The fourth-order valence-corrected chi connectivity index (χ4v) is 4.31. The van der Waals surface area contributed by atoms with Crippen LogP contribution < -0.4 is 5.32 Å². The predicted octanol–water partition coefficient (Wildman–Crippen LogP) is 2.41. The van der Waals surface area contributed by atoms with Gasteiger partial charge in [-0.1, -0.05) is 12.8 Å². The number of hydrogen-bond donors (Lipinski definition) is 1. The molecule has 0 aromatic rings. The van der Waals surface area contributed by atoms with Crippen molar-refractivity contribution < 1.29 is 4.74 Å². The largest absolute Gasteiger partial charge is 0.385 e. The highest BCUT2D eigenvalue weighted by atomic mass is 16.5. The minimum Gasteiger partial charge on any atom is -0.385 e.